The van der Waals surface area contributed by atoms with Crippen molar-refractivity contribution in [3.63, 3.8) is 0 Å². The Morgan fingerprint density at radius 1 is 1.53 bits per heavy atom. The Morgan fingerprint density at radius 3 is 2.88 bits per heavy atom. The maximum atomic E-state index is 11.8. The molecule has 0 aromatic carbocycles. The van der Waals surface area contributed by atoms with Crippen LogP contribution in [-0.4, -0.2) is 45.8 Å². The van der Waals surface area contributed by atoms with E-state index in [1.807, 2.05) is 0 Å². The number of aryl methyl sites for hydroxylation is 1. The Balaban J connectivity index is 2.04. The molecule has 0 bridgehead atoms. The van der Waals surface area contributed by atoms with Crippen molar-refractivity contribution in [2.45, 2.75) is 13.0 Å². The number of carboxylic acids is 1. The molecule has 0 aliphatic carbocycles. The van der Waals surface area contributed by atoms with Gasteiger partial charge in [-0.25, -0.2) is 0 Å². The lowest BCUT2D eigenvalue weighted by Crippen LogP contribution is -2.42. The van der Waals surface area contributed by atoms with E-state index >= 15 is 0 Å². The van der Waals surface area contributed by atoms with Gasteiger partial charge in [0.2, 0.25) is 0 Å². The summed E-state index contributed by atoms with van der Waals surface area (Å²) in [6.07, 6.45) is 0. The second-order valence-electron chi connectivity index (χ2n) is 3.75. The van der Waals surface area contributed by atoms with Gasteiger partial charge in [0.15, 0.2) is 0 Å². The summed E-state index contributed by atoms with van der Waals surface area (Å²) in [6.45, 7) is 2.02. The number of hydrogen-bond donors (Lipinski definition) is 2. The minimum atomic E-state index is -0.966. The van der Waals surface area contributed by atoms with E-state index in [1.54, 1.807) is 6.92 Å². The number of carbonyl (C=O) groups excluding carboxylic acids is 1. The van der Waals surface area contributed by atoms with E-state index in [0.717, 1.165) is 11.5 Å². The van der Waals surface area contributed by atoms with Crippen LogP contribution >= 0.6 is 11.5 Å². The van der Waals surface area contributed by atoms with Crippen LogP contribution in [0.4, 0.5) is 0 Å². The number of aromatic nitrogens is 2. The topological polar surface area (TPSA) is 101 Å². The van der Waals surface area contributed by atoms with Gasteiger partial charge < -0.3 is 15.2 Å². The largest absolute Gasteiger partial charge is 0.481 e. The fourth-order valence-corrected chi connectivity index (χ4v) is 2.17. The molecule has 2 atom stereocenters. The molecule has 2 rings (SSSR count). The lowest BCUT2D eigenvalue weighted by atomic mass is 10.0. The van der Waals surface area contributed by atoms with Crippen molar-refractivity contribution < 1.29 is 19.4 Å². The highest BCUT2D eigenvalue weighted by Gasteiger charge is 2.35. The highest BCUT2D eigenvalue weighted by molar-refractivity contribution is 7.08. The fraction of sp³-hybridized carbons (Fsp3) is 0.556. The van der Waals surface area contributed by atoms with Gasteiger partial charge in [0, 0.05) is 0 Å². The molecule has 1 saturated heterocycles. The van der Waals surface area contributed by atoms with Crippen LogP contribution in [0.15, 0.2) is 0 Å². The summed E-state index contributed by atoms with van der Waals surface area (Å²) in [6, 6.07) is -0.499. The van der Waals surface area contributed by atoms with E-state index < -0.39 is 17.9 Å². The normalized spacial score (nSPS) is 23.6. The second kappa shape index (κ2) is 4.76. The van der Waals surface area contributed by atoms with Crippen LogP contribution in [0.5, 0.6) is 0 Å². The lowest BCUT2D eigenvalue weighted by Gasteiger charge is -2.14. The number of ether oxygens (including phenoxy) is 1. The number of carbonyl (C=O) groups is 2. The average Bonchev–Trinajstić information content (AvgIpc) is 2.86. The second-order valence-corrected chi connectivity index (χ2v) is 4.50. The van der Waals surface area contributed by atoms with E-state index in [0.29, 0.717) is 10.6 Å². The highest BCUT2D eigenvalue weighted by Crippen LogP contribution is 2.16. The molecule has 7 nitrogen and oxygen atoms in total. The molecule has 1 aromatic rings. The predicted molar refractivity (Wildman–Crippen MR) is 57.8 cm³/mol. The lowest BCUT2D eigenvalue weighted by molar-refractivity contribution is -0.142. The van der Waals surface area contributed by atoms with Gasteiger partial charge in [0.05, 0.1) is 24.9 Å². The van der Waals surface area contributed by atoms with Crippen molar-refractivity contribution in [2.24, 2.45) is 5.92 Å². The maximum Gasteiger partial charge on any atom is 0.311 e. The van der Waals surface area contributed by atoms with E-state index in [2.05, 4.69) is 14.9 Å². The first kappa shape index (κ1) is 11.9. The zero-order valence-electron chi connectivity index (χ0n) is 9.04. The zero-order chi connectivity index (χ0) is 12.4. The maximum absolute atomic E-state index is 11.8. The Bertz CT molecular complexity index is 447. The van der Waals surface area contributed by atoms with Crippen LogP contribution in [-0.2, 0) is 9.53 Å². The molecule has 17 heavy (non-hydrogen) atoms. The van der Waals surface area contributed by atoms with Crippen molar-refractivity contribution in [2.75, 3.05) is 13.2 Å². The van der Waals surface area contributed by atoms with Crippen molar-refractivity contribution in [1.29, 1.82) is 0 Å². The molecular formula is C9H11N3O4S. The number of rotatable bonds is 3. The molecule has 1 amide bonds. The summed E-state index contributed by atoms with van der Waals surface area (Å²) >= 11 is 0.989. The molecule has 2 heterocycles. The van der Waals surface area contributed by atoms with Crippen molar-refractivity contribution in [3.8, 4) is 0 Å². The molecule has 0 spiro atoms. The first-order valence-corrected chi connectivity index (χ1v) is 5.77. The average molecular weight is 257 g/mol. The quantitative estimate of drug-likeness (QED) is 0.769. The molecule has 2 unspecified atom stereocenters. The van der Waals surface area contributed by atoms with Gasteiger partial charge in [-0.3, -0.25) is 9.59 Å². The Morgan fingerprint density at radius 2 is 2.29 bits per heavy atom. The molecule has 1 fully saturated rings. The molecule has 1 aliphatic heterocycles. The Kier molecular flexibility index (Phi) is 3.34. The van der Waals surface area contributed by atoms with E-state index in [-0.39, 0.29) is 19.1 Å². The number of amides is 1. The van der Waals surface area contributed by atoms with Crippen LogP contribution in [0, 0.1) is 12.8 Å². The SMILES string of the molecule is Cc1nnsc1C(=O)NC1COCC1C(=O)O. The van der Waals surface area contributed by atoms with Gasteiger partial charge in [-0.15, -0.1) is 5.10 Å². The van der Waals surface area contributed by atoms with Crippen molar-refractivity contribution in [1.82, 2.24) is 14.9 Å². The highest BCUT2D eigenvalue weighted by atomic mass is 32.1. The first-order chi connectivity index (χ1) is 8.09. The minimum Gasteiger partial charge on any atom is -0.481 e. The van der Waals surface area contributed by atoms with Crippen LogP contribution in [0.1, 0.15) is 15.4 Å². The molecule has 2 N–H and O–H groups in total. The third-order valence-corrected chi connectivity index (χ3v) is 3.40. The smallest absolute Gasteiger partial charge is 0.311 e. The van der Waals surface area contributed by atoms with Gasteiger partial charge in [0.25, 0.3) is 5.91 Å². The fourth-order valence-electron chi connectivity index (χ4n) is 1.61. The Labute approximate surface area is 101 Å². The monoisotopic (exact) mass is 257 g/mol. The Hall–Kier alpha value is -1.54. The van der Waals surface area contributed by atoms with Crippen molar-refractivity contribution in [3.05, 3.63) is 10.6 Å². The first-order valence-electron chi connectivity index (χ1n) is 5.00. The van der Waals surface area contributed by atoms with Crippen LogP contribution in [0.2, 0.25) is 0 Å². The van der Waals surface area contributed by atoms with Crippen LogP contribution in [0.25, 0.3) is 0 Å². The van der Waals surface area contributed by atoms with Gasteiger partial charge in [0.1, 0.15) is 10.8 Å². The summed E-state index contributed by atoms with van der Waals surface area (Å²) < 4.78 is 8.71. The summed E-state index contributed by atoms with van der Waals surface area (Å²) in [5.41, 5.74) is 0.540. The van der Waals surface area contributed by atoms with E-state index in [1.165, 1.54) is 0 Å². The van der Waals surface area contributed by atoms with Gasteiger partial charge in [-0.2, -0.15) is 0 Å². The minimum absolute atomic E-state index is 0.125. The van der Waals surface area contributed by atoms with E-state index in [9.17, 15) is 9.59 Å². The summed E-state index contributed by atoms with van der Waals surface area (Å²) in [7, 11) is 0. The summed E-state index contributed by atoms with van der Waals surface area (Å²) in [5, 5.41) is 15.3. The molecular weight excluding hydrogens is 246 g/mol. The molecule has 0 saturated carbocycles. The number of aliphatic carboxylic acids is 1. The van der Waals surface area contributed by atoms with E-state index in [4.69, 9.17) is 9.84 Å². The number of nitrogens with one attached hydrogen (secondary N) is 1. The molecule has 92 valence electrons. The predicted octanol–water partition coefficient (Wildman–Crippen LogP) is -0.324. The molecule has 0 radical (unpaired) electrons. The summed E-state index contributed by atoms with van der Waals surface area (Å²) in [4.78, 5) is 23.1. The molecule has 1 aromatic heterocycles. The zero-order valence-corrected chi connectivity index (χ0v) is 9.86. The third kappa shape index (κ3) is 2.42. The van der Waals surface area contributed by atoms with Crippen molar-refractivity contribution >= 4 is 23.4 Å². The molecule has 8 heteroatoms. The number of hydrogen-bond acceptors (Lipinski definition) is 6. The number of carboxylic acid groups (broad SMARTS) is 1. The van der Waals surface area contributed by atoms with Gasteiger partial charge in [-0.1, -0.05) is 4.49 Å². The van der Waals surface area contributed by atoms with Gasteiger partial charge >= 0.3 is 5.97 Å². The summed E-state index contributed by atoms with van der Waals surface area (Å²) in [5.74, 6) is -2.01. The number of nitrogens with zero attached hydrogens (tertiary/aromatic N) is 2. The van der Waals surface area contributed by atoms with Crippen LogP contribution in [0.3, 0.4) is 0 Å². The van der Waals surface area contributed by atoms with Crippen LogP contribution < -0.4 is 5.32 Å². The molecule has 1 aliphatic rings. The standard InChI is InChI=1S/C9H11N3O4S/c1-4-7(17-12-11-4)8(13)10-6-3-16-2-5(6)9(14)15/h5-6H,2-3H2,1H3,(H,10,13)(H,14,15). The van der Waals surface area contributed by atoms with Gasteiger partial charge in [-0.05, 0) is 18.5 Å². The third-order valence-electron chi connectivity index (χ3n) is 2.57.